The number of aromatic nitrogens is 1. The maximum atomic E-state index is 12.7. The second-order valence-corrected chi connectivity index (χ2v) is 8.50. The maximum absolute atomic E-state index is 12.7. The van der Waals surface area contributed by atoms with E-state index in [9.17, 15) is 4.79 Å². The van der Waals surface area contributed by atoms with Gasteiger partial charge in [-0.25, -0.2) is 4.98 Å². The van der Waals surface area contributed by atoms with Crippen molar-refractivity contribution in [3.8, 4) is 0 Å². The SMILES string of the molecule is CC1CCN(C(=O)c2ccc(N3CCC(Cc4ccccc4)CC3)nc2)CC1. The predicted octanol–water partition coefficient (Wildman–Crippen LogP) is 4.41. The molecule has 2 saturated heterocycles. The van der Waals surface area contributed by atoms with Crippen molar-refractivity contribution in [1.29, 1.82) is 0 Å². The van der Waals surface area contributed by atoms with Crippen LogP contribution in [0.3, 0.4) is 0 Å². The first-order chi connectivity index (χ1) is 13.7. The molecule has 0 atom stereocenters. The molecular weight excluding hydrogens is 346 g/mol. The van der Waals surface area contributed by atoms with Crippen LogP contribution in [0.1, 0.15) is 48.5 Å². The number of carbonyl (C=O) groups excluding carboxylic acids is 1. The van der Waals surface area contributed by atoms with E-state index < -0.39 is 0 Å². The Morgan fingerprint density at radius 3 is 2.32 bits per heavy atom. The topological polar surface area (TPSA) is 36.4 Å². The van der Waals surface area contributed by atoms with E-state index in [0.29, 0.717) is 0 Å². The van der Waals surface area contributed by atoms with E-state index in [4.69, 9.17) is 0 Å². The number of benzene rings is 1. The van der Waals surface area contributed by atoms with Crippen molar-refractivity contribution in [2.45, 2.75) is 39.0 Å². The Labute approximate surface area is 168 Å². The molecule has 0 radical (unpaired) electrons. The van der Waals surface area contributed by atoms with Gasteiger partial charge in [-0.2, -0.15) is 0 Å². The molecule has 1 aromatic carbocycles. The van der Waals surface area contributed by atoms with Crippen molar-refractivity contribution in [2.75, 3.05) is 31.1 Å². The minimum Gasteiger partial charge on any atom is -0.357 e. The van der Waals surface area contributed by atoms with Gasteiger partial charge in [0, 0.05) is 32.4 Å². The Hall–Kier alpha value is -2.36. The summed E-state index contributed by atoms with van der Waals surface area (Å²) < 4.78 is 0. The van der Waals surface area contributed by atoms with Crippen LogP contribution >= 0.6 is 0 Å². The standard InChI is InChI=1S/C24H31N3O/c1-19-9-13-27(14-10-19)24(28)22-7-8-23(25-18-22)26-15-11-21(12-16-26)17-20-5-3-2-4-6-20/h2-8,18-19,21H,9-17H2,1H3. The van der Waals surface area contributed by atoms with Crippen LogP contribution in [0.25, 0.3) is 0 Å². The second-order valence-electron chi connectivity index (χ2n) is 8.50. The van der Waals surface area contributed by atoms with E-state index >= 15 is 0 Å². The monoisotopic (exact) mass is 377 g/mol. The van der Waals surface area contributed by atoms with Crippen LogP contribution in [-0.4, -0.2) is 42.0 Å². The Bertz CT molecular complexity index is 758. The minimum atomic E-state index is 0.132. The zero-order valence-corrected chi connectivity index (χ0v) is 16.9. The van der Waals surface area contributed by atoms with Crippen LogP contribution in [0.5, 0.6) is 0 Å². The molecule has 2 aliphatic rings. The number of anilines is 1. The van der Waals surface area contributed by atoms with Crippen molar-refractivity contribution in [2.24, 2.45) is 11.8 Å². The van der Waals surface area contributed by atoms with Gasteiger partial charge in [0.1, 0.15) is 5.82 Å². The molecule has 148 valence electrons. The Balaban J connectivity index is 1.30. The summed E-state index contributed by atoms with van der Waals surface area (Å²) in [5, 5.41) is 0. The van der Waals surface area contributed by atoms with E-state index in [2.05, 4.69) is 47.1 Å². The summed E-state index contributed by atoms with van der Waals surface area (Å²) in [4.78, 5) is 21.6. The van der Waals surface area contributed by atoms with E-state index in [0.717, 1.165) is 62.2 Å². The fourth-order valence-corrected chi connectivity index (χ4v) is 4.41. The lowest BCUT2D eigenvalue weighted by atomic mass is 9.90. The first-order valence-electron chi connectivity index (χ1n) is 10.7. The molecule has 4 nitrogen and oxygen atoms in total. The van der Waals surface area contributed by atoms with Gasteiger partial charge in [0.15, 0.2) is 0 Å². The van der Waals surface area contributed by atoms with E-state index in [1.54, 1.807) is 6.20 Å². The smallest absolute Gasteiger partial charge is 0.255 e. The average molecular weight is 378 g/mol. The molecule has 0 bridgehead atoms. The molecule has 28 heavy (non-hydrogen) atoms. The van der Waals surface area contributed by atoms with Crippen molar-refractivity contribution in [1.82, 2.24) is 9.88 Å². The molecular formula is C24H31N3O. The molecule has 0 N–H and O–H groups in total. The number of amides is 1. The van der Waals surface area contributed by atoms with Crippen molar-refractivity contribution in [3.05, 3.63) is 59.8 Å². The summed E-state index contributed by atoms with van der Waals surface area (Å²) in [7, 11) is 0. The zero-order chi connectivity index (χ0) is 19.3. The van der Waals surface area contributed by atoms with Gasteiger partial charge in [-0.3, -0.25) is 4.79 Å². The van der Waals surface area contributed by atoms with E-state index in [1.165, 1.54) is 24.8 Å². The molecule has 1 aromatic heterocycles. The summed E-state index contributed by atoms with van der Waals surface area (Å²) in [5.74, 6) is 2.62. The summed E-state index contributed by atoms with van der Waals surface area (Å²) in [6, 6.07) is 14.8. The lowest BCUT2D eigenvalue weighted by Gasteiger charge is -2.33. The predicted molar refractivity (Wildman–Crippen MR) is 114 cm³/mol. The second kappa shape index (κ2) is 8.76. The molecule has 2 fully saturated rings. The molecule has 2 aliphatic heterocycles. The van der Waals surface area contributed by atoms with Gasteiger partial charge < -0.3 is 9.80 Å². The van der Waals surface area contributed by atoms with Crippen molar-refractivity contribution >= 4 is 11.7 Å². The first kappa shape index (κ1) is 19.0. The normalized spacial score (nSPS) is 19.0. The van der Waals surface area contributed by atoms with Crippen molar-refractivity contribution < 1.29 is 4.79 Å². The Morgan fingerprint density at radius 2 is 1.68 bits per heavy atom. The van der Waals surface area contributed by atoms with Gasteiger partial charge in [-0.05, 0) is 61.6 Å². The van der Waals surface area contributed by atoms with Crippen LogP contribution in [0.4, 0.5) is 5.82 Å². The highest BCUT2D eigenvalue weighted by Crippen LogP contribution is 2.25. The van der Waals surface area contributed by atoms with Gasteiger partial charge in [0.2, 0.25) is 0 Å². The lowest BCUT2D eigenvalue weighted by Crippen LogP contribution is -2.38. The lowest BCUT2D eigenvalue weighted by molar-refractivity contribution is 0.0697. The summed E-state index contributed by atoms with van der Waals surface area (Å²) >= 11 is 0. The van der Waals surface area contributed by atoms with E-state index in [1.807, 2.05) is 17.0 Å². The quantitative estimate of drug-likeness (QED) is 0.792. The number of pyridine rings is 1. The minimum absolute atomic E-state index is 0.132. The molecule has 0 aliphatic carbocycles. The number of likely N-dealkylation sites (tertiary alicyclic amines) is 1. The highest BCUT2D eigenvalue weighted by molar-refractivity contribution is 5.94. The van der Waals surface area contributed by atoms with Gasteiger partial charge >= 0.3 is 0 Å². The molecule has 1 amide bonds. The van der Waals surface area contributed by atoms with Gasteiger partial charge in [0.05, 0.1) is 5.56 Å². The fraction of sp³-hybridized carbons (Fsp3) is 0.500. The summed E-state index contributed by atoms with van der Waals surface area (Å²) in [6.45, 7) is 6.10. The average Bonchev–Trinajstić information content (AvgIpc) is 2.75. The van der Waals surface area contributed by atoms with Crippen LogP contribution in [0.2, 0.25) is 0 Å². The third-order valence-corrected chi connectivity index (χ3v) is 6.37. The third kappa shape index (κ3) is 4.54. The summed E-state index contributed by atoms with van der Waals surface area (Å²) in [6.07, 6.45) is 7.55. The number of rotatable bonds is 4. The number of carbonyl (C=O) groups is 1. The maximum Gasteiger partial charge on any atom is 0.255 e. The largest absolute Gasteiger partial charge is 0.357 e. The highest BCUT2D eigenvalue weighted by atomic mass is 16.2. The fourth-order valence-electron chi connectivity index (χ4n) is 4.41. The Kier molecular flexibility index (Phi) is 5.94. The Morgan fingerprint density at radius 1 is 0.964 bits per heavy atom. The van der Waals surface area contributed by atoms with Crippen LogP contribution < -0.4 is 4.90 Å². The molecule has 2 aromatic rings. The zero-order valence-electron chi connectivity index (χ0n) is 16.9. The highest BCUT2D eigenvalue weighted by Gasteiger charge is 2.23. The first-order valence-corrected chi connectivity index (χ1v) is 10.7. The summed E-state index contributed by atoms with van der Waals surface area (Å²) in [5.41, 5.74) is 2.16. The molecule has 4 rings (SSSR count). The number of piperidine rings is 2. The third-order valence-electron chi connectivity index (χ3n) is 6.37. The molecule has 4 heteroatoms. The van der Waals surface area contributed by atoms with E-state index in [-0.39, 0.29) is 5.91 Å². The van der Waals surface area contributed by atoms with Gasteiger partial charge in [-0.15, -0.1) is 0 Å². The van der Waals surface area contributed by atoms with Crippen LogP contribution in [0, 0.1) is 11.8 Å². The molecule has 0 unspecified atom stereocenters. The number of nitrogens with zero attached hydrogens (tertiary/aromatic N) is 3. The number of hydrogen-bond acceptors (Lipinski definition) is 3. The molecule has 0 spiro atoms. The van der Waals surface area contributed by atoms with Gasteiger partial charge in [0.25, 0.3) is 5.91 Å². The van der Waals surface area contributed by atoms with Crippen LogP contribution in [0.15, 0.2) is 48.7 Å². The molecule has 0 saturated carbocycles. The van der Waals surface area contributed by atoms with Crippen LogP contribution in [-0.2, 0) is 6.42 Å². The number of hydrogen-bond donors (Lipinski definition) is 0. The molecule has 3 heterocycles. The van der Waals surface area contributed by atoms with Gasteiger partial charge in [-0.1, -0.05) is 37.3 Å². The van der Waals surface area contributed by atoms with Crippen molar-refractivity contribution in [3.63, 3.8) is 0 Å².